The molecular formula is C22H24F3N5O4. The first-order valence-electron chi connectivity index (χ1n) is 10.7. The molecule has 12 heteroatoms. The number of amides is 1. The average molecular weight is 479 g/mol. The normalized spacial score (nSPS) is 17.1. The van der Waals surface area contributed by atoms with Crippen molar-refractivity contribution in [1.82, 2.24) is 24.8 Å². The third-order valence-electron chi connectivity index (χ3n) is 5.42. The number of halogens is 3. The van der Waals surface area contributed by atoms with Gasteiger partial charge in [-0.05, 0) is 31.9 Å². The van der Waals surface area contributed by atoms with Gasteiger partial charge in [-0.15, -0.1) is 13.2 Å². The molecule has 0 bridgehead atoms. The largest absolute Gasteiger partial charge is 0.573 e. The van der Waals surface area contributed by atoms with Crippen molar-refractivity contribution in [3.05, 3.63) is 47.8 Å². The van der Waals surface area contributed by atoms with E-state index in [1.165, 1.54) is 30.6 Å². The molecule has 1 fully saturated rings. The summed E-state index contributed by atoms with van der Waals surface area (Å²) in [6.07, 6.45) is -0.827. The Morgan fingerprint density at radius 1 is 1.32 bits per heavy atom. The minimum absolute atomic E-state index is 0.133. The summed E-state index contributed by atoms with van der Waals surface area (Å²) in [5.41, 5.74) is 1.67. The van der Waals surface area contributed by atoms with E-state index < -0.39 is 18.3 Å². The molecule has 1 aliphatic heterocycles. The molecule has 2 atom stereocenters. The number of nitrogens with zero attached hydrogens (tertiary/aromatic N) is 4. The summed E-state index contributed by atoms with van der Waals surface area (Å²) in [5, 5.41) is 2.94. The van der Waals surface area contributed by atoms with Crippen LogP contribution in [0.5, 0.6) is 5.75 Å². The summed E-state index contributed by atoms with van der Waals surface area (Å²) in [4.78, 5) is 25.8. The lowest BCUT2D eigenvalue weighted by atomic mass is 10.1. The molecule has 0 aliphatic carbocycles. The van der Waals surface area contributed by atoms with Crippen LogP contribution >= 0.6 is 0 Å². The van der Waals surface area contributed by atoms with Crippen LogP contribution < -0.4 is 10.1 Å². The van der Waals surface area contributed by atoms with Crippen LogP contribution in [0.3, 0.4) is 0 Å². The fourth-order valence-corrected chi connectivity index (χ4v) is 3.89. The fraction of sp³-hybridized carbons (Fsp3) is 0.455. The summed E-state index contributed by atoms with van der Waals surface area (Å²) in [7, 11) is 1.55. The smallest absolute Gasteiger partial charge is 0.406 e. The molecule has 9 nitrogen and oxygen atoms in total. The highest BCUT2D eigenvalue weighted by Crippen LogP contribution is 2.32. The van der Waals surface area contributed by atoms with Gasteiger partial charge in [0, 0.05) is 32.5 Å². The first-order chi connectivity index (χ1) is 16.2. The van der Waals surface area contributed by atoms with Crippen LogP contribution in [0.2, 0.25) is 0 Å². The molecule has 3 heterocycles. The van der Waals surface area contributed by atoms with E-state index in [9.17, 15) is 18.0 Å². The number of benzene rings is 1. The van der Waals surface area contributed by atoms with Crippen LogP contribution in [0, 0.1) is 6.92 Å². The number of alkyl halides is 3. The lowest BCUT2D eigenvalue weighted by molar-refractivity contribution is -0.274. The van der Waals surface area contributed by atoms with Gasteiger partial charge in [0.1, 0.15) is 23.3 Å². The van der Waals surface area contributed by atoms with E-state index in [0.717, 1.165) is 6.42 Å². The Hall–Kier alpha value is -3.25. The van der Waals surface area contributed by atoms with Crippen molar-refractivity contribution in [3.63, 3.8) is 0 Å². The summed E-state index contributed by atoms with van der Waals surface area (Å²) in [6, 6.07) is 3.28. The lowest BCUT2D eigenvalue weighted by Crippen LogP contribution is -2.38. The highest BCUT2D eigenvalue weighted by molar-refractivity contribution is 5.92. The number of aromatic nitrogens is 4. The monoisotopic (exact) mass is 479 g/mol. The van der Waals surface area contributed by atoms with Crippen molar-refractivity contribution in [2.24, 2.45) is 0 Å². The first-order valence-corrected chi connectivity index (χ1v) is 10.7. The first kappa shape index (κ1) is 23.9. The molecule has 0 radical (unpaired) electrons. The van der Waals surface area contributed by atoms with Gasteiger partial charge in [-0.3, -0.25) is 9.78 Å². The standard InChI is InChI=1S/C22H24F3N5O4/c1-13-11-27-16(12-26-13)21(31)29-19(18-4-3-8-33-18)20-28-15-10-14(34-22(23,24)25)5-6-17(15)30(20)7-9-32-2/h5-6,10-12,18-19H,3-4,7-9H2,1-2H3,(H,29,31). The number of hydrogen-bond acceptors (Lipinski definition) is 7. The van der Waals surface area contributed by atoms with Crippen molar-refractivity contribution in [2.45, 2.75) is 44.8 Å². The maximum Gasteiger partial charge on any atom is 0.573 e. The second-order valence-corrected chi connectivity index (χ2v) is 7.86. The molecule has 3 aromatic rings. The number of nitrogens with one attached hydrogen (secondary N) is 1. The minimum atomic E-state index is -4.82. The van der Waals surface area contributed by atoms with Crippen molar-refractivity contribution < 1.29 is 32.2 Å². The highest BCUT2D eigenvalue weighted by Gasteiger charge is 2.34. The predicted molar refractivity (Wildman–Crippen MR) is 114 cm³/mol. The van der Waals surface area contributed by atoms with Gasteiger partial charge in [-0.1, -0.05) is 0 Å². The van der Waals surface area contributed by atoms with Crippen molar-refractivity contribution in [2.75, 3.05) is 20.3 Å². The molecule has 1 aliphatic rings. The van der Waals surface area contributed by atoms with Gasteiger partial charge in [0.25, 0.3) is 5.91 Å². The third-order valence-corrected chi connectivity index (χ3v) is 5.42. The van der Waals surface area contributed by atoms with E-state index in [2.05, 4.69) is 25.0 Å². The number of imidazole rings is 1. The van der Waals surface area contributed by atoms with Crippen LogP contribution in [0.25, 0.3) is 11.0 Å². The second kappa shape index (κ2) is 9.94. The SMILES string of the molecule is COCCn1c(C(NC(=O)c2cnc(C)cn2)C2CCCO2)nc2cc(OC(F)(F)F)ccc21. The van der Waals surface area contributed by atoms with Crippen molar-refractivity contribution in [3.8, 4) is 5.75 Å². The number of rotatable bonds is 8. The van der Waals surface area contributed by atoms with Crippen molar-refractivity contribution >= 4 is 16.9 Å². The molecule has 2 unspecified atom stereocenters. The van der Waals surface area contributed by atoms with Gasteiger partial charge in [-0.2, -0.15) is 0 Å². The van der Waals surface area contributed by atoms with E-state index in [-0.39, 0.29) is 17.5 Å². The van der Waals surface area contributed by atoms with E-state index >= 15 is 0 Å². The number of hydrogen-bond donors (Lipinski definition) is 1. The quantitative estimate of drug-likeness (QED) is 0.529. The number of fused-ring (bicyclic) bond motifs is 1. The number of carbonyl (C=O) groups is 1. The van der Waals surface area contributed by atoms with Gasteiger partial charge >= 0.3 is 6.36 Å². The minimum Gasteiger partial charge on any atom is -0.406 e. The summed E-state index contributed by atoms with van der Waals surface area (Å²) in [6.45, 7) is 2.99. The van der Waals surface area contributed by atoms with Gasteiger partial charge in [0.05, 0.1) is 35.6 Å². The Morgan fingerprint density at radius 2 is 2.15 bits per heavy atom. The van der Waals surface area contributed by atoms with E-state index in [4.69, 9.17) is 9.47 Å². The fourth-order valence-electron chi connectivity index (χ4n) is 3.89. The molecule has 1 N–H and O–H groups in total. The Morgan fingerprint density at radius 3 is 2.79 bits per heavy atom. The number of carbonyl (C=O) groups excluding carboxylic acids is 1. The Labute approximate surface area is 193 Å². The molecule has 1 saturated heterocycles. The Balaban J connectivity index is 1.74. The molecule has 0 saturated carbocycles. The van der Waals surface area contributed by atoms with E-state index in [0.29, 0.717) is 48.7 Å². The summed E-state index contributed by atoms with van der Waals surface area (Å²) >= 11 is 0. The highest BCUT2D eigenvalue weighted by atomic mass is 19.4. The van der Waals surface area contributed by atoms with Gasteiger partial charge in [0.2, 0.25) is 0 Å². The molecule has 1 amide bonds. The summed E-state index contributed by atoms with van der Waals surface area (Å²) in [5.74, 6) is -0.397. The van der Waals surface area contributed by atoms with E-state index in [1.807, 2.05) is 4.57 Å². The average Bonchev–Trinajstić information content (AvgIpc) is 3.43. The summed E-state index contributed by atoms with van der Waals surface area (Å²) < 4.78 is 55.1. The van der Waals surface area contributed by atoms with Gasteiger partial charge in [0.15, 0.2) is 0 Å². The number of aryl methyl sites for hydroxylation is 1. The topological polar surface area (TPSA) is 100 Å². The number of methoxy groups -OCH3 is 1. The molecule has 4 rings (SSSR count). The van der Waals surface area contributed by atoms with Crippen LogP contribution in [0.15, 0.2) is 30.6 Å². The molecule has 2 aromatic heterocycles. The molecule has 182 valence electrons. The zero-order valence-corrected chi connectivity index (χ0v) is 18.6. The van der Waals surface area contributed by atoms with Crippen LogP contribution in [-0.4, -0.2) is 58.2 Å². The maximum absolute atomic E-state index is 13.0. The third kappa shape index (κ3) is 5.45. The molecule has 0 spiro atoms. The van der Waals surface area contributed by atoms with Crippen LogP contribution in [0.1, 0.15) is 40.9 Å². The second-order valence-electron chi connectivity index (χ2n) is 7.86. The maximum atomic E-state index is 13.0. The molecule has 34 heavy (non-hydrogen) atoms. The zero-order chi connectivity index (χ0) is 24.3. The lowest BCUT2D eigenvalue weighted by Gasteiger charge is -2.24. The van der Waals surface area contributed by atoms with Crippen molar-refractivity contribution in [1.29, 1.82) is 0 Å². The van der Waals surface area contributed by atoms with E-state index in [1.54, 1.807) is 14.0 Å². The predicted octanol–water partition coefficient (Wildman–Crippen LogP) is 3.33. The zero-order valence-electron chi connectivity index (χ0n) is 18.6. The van der Waals surface area contributed by atoms with Crippen LogP contribution in [0.4, 0.5) is 13.2 Å². The molecule has 1 aromatic carbocycles. The van der Waals surface area contributed by atoms with Gasteiger partial charge < -0.3 is 24.1 Å². The Kier molecular flexibility index (Phi) is 6.98. The number of ether oxygens (including phenoxy) is 3. The van der Waals surface area contributed by atoms with Crippen LogP contribution in [-0.2, 0) is 16.0 Å². The Bertz CT molecular complexity index is 1140. The van der Waals surface area contributed by atoms with Gasteiger partial charge in [-0.25, -0.2) is 9.97 Å². The molecular weight excluding hydrogens is 455 g/mol.